The first-order valence-corrected chi connectivity index (χ1v) is 4.61. The number of aromatic nitrogens is 1. The lowest BCUT2D eigenvalue weighted by Crippen LogP contribution is -2.37. The summed E-state index contributed by atoms with van der Waals surface area (Å²) in [7, 11) is 0. The van der Waals surface area contributed by atoms with E-state index in [2.05, 4.69) is 38.0 Å². The maximum Gasteiger partial charge on any atom is 0.180 e. The smallest absolute Gasteiger partial charge is 0.180 e. The normalized spacial score (nSPS) is 14.5. The maximum absolute atomic E-state index is 5.12. The Bertz CT molecular complexity index is 236. The Kier molecular flexibility index (Phi) is 3.09. The van der Waals surface area contributed by atoms with Gasteiger partial charge in [0.25, 0.3) is 0 Å². The van der Waals surface area contributed by atoms with E-state index in [0.717, 1.165) is 12.3 Å². The van der Waals surface area contributed by atoms with Gasteiger partial charge < -0.3 is 9.73 Å². The van der Waals surface area contributed by atoms with E-state index in [9.17, 15) is 0 Å². The van der Waals surface area contributed by atoms with E-state index >= 15 is 0 Å². The summed E-state index contributed by atoms with van der Waals surface area (Å²) in [4.78, 5) is 3.86. The Labute approximate surface area is 79.5 Å². The molecule has 0 aromatic carbocycles. The van der Waals surface area contributed by atoms with Crippen LogP contribution in [0.4, 0.5) is 0 Å². The molecule has 3 heteroatoms. The molecular weight excluding hydrogens is 164 g/mol. The van der Waals surface area contributed by atoms with Gasteiger partial charge in [-0.3, -0.25) is 0 Å². The van der Waals surface area contributed by atoms with Gasteiger partial charge in [0.15, 0.2) is 6.39 Å². The molecule has 1 N–H and O–H groups in total. The predicted octanol–water partition coefficient (Wildman–Crippen LogP) is 2.20. The molecule has 13 heavy (non-hydrogen) atoms. The predicted molar refractivity (Wildman–Crippen MR) is 52.3 cm³/mol. The van der Waals surface area contributed by atoms with E-state index in [-0.39, 0.29) is 5.41 Å². The Morgan fingerprint density at radius 3 is 2.69 bits per heavy atom. The molecule has 0 bridgehead atoms. The van der Waals surface area contributed by atoms with Crippen molar-refractivity contribution < 1.29 is 4.42 Å². The van der Waals surface area contributed by atoms with Gasteiger partial charge in [0.05, 0.1) is 12.7 Å². The molecule has 1 unspecified atom stereocenters. The highest BCUT2D eigenvalue weighted by Crippen LogP contribution is 2.18. The van der Waals surface area contributed by atoms with Gasteiger partial charge in [0, 0.05) is 6.04 Å². The topological polar surface area (TPSA) is 38.1 Å². The standard InChI is InChI=1S/C10H18N2O/c1-8(10(2,3)4)12-6-9-5-11-7-13-9/h5,7-8,12H,6H2,1-4H3. The molecule has 1 aromatic rings. The monoisotopic (exact) mass is 182 g/mol. The summed E-state index contributed by atoms with van der Waals surface area (Å²) >= 11 is 0. The van der Waals surface area contributed by atoms with Crippen molar-refractivity contribution in [2.45, 2.75) is 40.3 Å². The van der Waals surface area contributed by atoms with Gasteiger partial charge in [0.2, 0.25) is 0 Å². The zero-order valence-corrected chi connectivity index (χ0v) is 8.79. The van der Waals surface area contributed by atoms with Crippen LogP contribution in [0.3, 0.4) is 0 Å². The van der Waals surface area contributed by atoms with Crippen LogP contribution in [-0.4, -0.2) is 11.0 Å². The second-order valence-corrected chi connectivity index (χ2v) is 4.44. The van der Waals surface area contributed by atoms with Crippen LogP contribution in [0.1, 0.15) is 33.5 Å². The molecule has 0 radical (unpaired) electrons. The highest BCUT2D eigenvalue weighted by atomic mass is 16.3. The quantitative estimate of drug-likeness (QED) is 0.778. The average Bonchev–Trinajstić information content (AvgIpc) is 2.50. The molecule has 1 atom stereocenters. The van der Waals surface area contributed by atoms with E-state index < -0.39 is 0 Å². The zero-order valence-electron chi connectivity index (χ0n) is 8.79. The van der Waals surface area contributed by atoms with E-state index in [1.54, 1.807) is 6.20 Å². The number of oxazole rings is 1. The van der Waals surface area contributed by atoms with Gasteiger partial charge >= 0.3 is 0 Å². The maximum atomic E-state index is 5.12. The van der Waals surface area contributed by atoms with Gasteiger partial charge in [-0.25, -0.2) is 4.98 Å². The molecule has 0 aliphatic carbocycles. The summed E-state index contributed by atoms with van der Waals surface area (Å²) < 4.78 is 5.12. The average molecular weight is 182 g/mol. The lowest BCUT2D eigenvalue weighted by molar-refractivity contribution is 0.278. The molecule has 1 rings (SSSR count). The Hall–Kier alpha value is -0.830. The molecule has 1 aromatic heterocycles. The van der Waals surface area contributed by atoms with Crippen LogP contribution in [0.5, 0.6) is 0 Å². The molecule has 0 aliphatic rings. The van der Waals surface area contributed by atoms with Crippen molar-refractivity contribution in [1.82, 2.24) is 10.3 Å². The van der Waals surface area contributed by atoms with Crippen molar-refractivity contribution in [1.29, 1.82) is 0 Å². The highest BCUT2D eigenvalue weighted by Gasteiger charge is 2.19. The fourth-order valence-corrected chi connectivity index (χ4v) is 0.889. The molecule has 0 amide bonds. The van der Waals surface area contributed by atoms with Crippen LogP contribution >= 0.6 is 0 Å². The lowest BCUT2D eigenvalue weighted by Gasteiger charge is -2.27. The summed E-state index contributed by atoms with van der Waals surface area (Å²) in [6, 6.07) is 0.456. The van der Waals surface area contributed by atoms with Crippen LogP contribution in [0, 0.1) is 5.41 Å². The van der Waals surface area contributed by atoms with Crippen molar-refractivity contribution in [3.05, 3.63) is 18.4 Å². The molecule has 0 saturated heterocycles. The Morgan fingerprint density at radius 2 is 2.23 bits per heavy atom. The van der Waals surface area contributed by atoms with Crippen molar-refractivity contribution >= 4 is 0 Å². The third-order valence-electron chi connectivity index (χ3n) is 2.36. The SMILES string of the molecule is CC(NCc1cnco1)C(C)(C)C. The minimum Gasteiger partial charge on any atom is -0.447 e. The number of hydrogen-bond acceptors (Lipinski definition) is 3. The van der Waals surface area contributed by atoms with Crippen molar-refractivity contribution in [2.24, 2.45) is 5.41 Å². The molecule has 3 nitrogen and oxygen atoms in total. The summed E-state index contributed by atoms with van der Waals surface area (Å²) in [5.74, 6) is 0.885. The van der Waals surface area contributed by atoms with Gasteiger partial charge in [0.1, 0.15) is 5.76 Å². The minimum atomic E-state index is 0.278. The number of nitrogens with zero attached hydrogens (tertiary/aromatic N) is 1. The largest absolute Gasteiger partial charge is 0.447 e. The molecule has 0 spiro atoms. The molecule has 0 fully saturated rings. The minimum absolute atomic E-state index is 0.278. The van der Waals surface area contributed by atoms with E-state index in [0.29, 0.717) is 6.04 Å². The zero-order chi connectivity index (χ0) is 9.90. The first-order chi connectivity index (χ1) is 6.00. The van der Waals surface area contributed by atoms with E-state index in [1.165, 1.54) is 6.39 Å². The molecule has 1 heterocycles. The second-order valence-electron chi connectivity index (χ2n) is 4.44. The third kappa shape index (κ3) is 3.19. The Morgan fingerprint density at radius 1 is 1.54 bits per heavy atom. The number of hydrogen-bond donors (Lipinski definition) is 1. The van der Waals surface area contributed by atoms with E-state index in [1.807, 2.05) is 0 Å². The Balaban J connectivity index is 2.35. The molecule has 0 aliphatic heterocycles. The van der Waals surface area contributed by atoms with Gasteiger partial charge in [-0.1, -0.05) is 20.8 Å². The molecule has 0 saturated carbocycles. The van der Waals surface area contributed by atoms with Gasteiger partial charge in [-0.15, -0.1) is 0 Å². The van der Waals surface area contributed by atoms with Crippen molar-refractivity contribution in [3.8, 4) is 0 Å². The van der Waals surface area contributed by atoms with Crippen molar-refractivity contribution in [3.63, 3.8) is 0 Å². The van der Waals surface area contributed by atoms with Crippen molar-refractivity contribution in [2.75, 3.05) is 0 Å². The van der Waals surface area contributed by atoms with Crippen LogP contribution in [0.2, 0.25) is 0 Å². The number of nitrogens with one attached hydrogen (secondary N) is 1. The summed E-state index contributed by atoms with van der Waals surface area (Å²) in [5, 5.41) is 3.39. The first-order valence-electron chi connectivity index (χ1n) is 4.61. The lowest BCUT2D eigenvalue weighted by atomic mass is 9.88. The van der Waals surface area contributed by atoms with Crippen LogP contribution in [0.25, 0.3) is 0 Å². The summed E-state index contributed by atoms with van der Waals surface area (Å²) in [6.45, 7) is 9.57. The highest BCUT2D eigenvalue weighted by molar-refractivity contribution is 4.89. The van der Waals surface area contributed by atoms with E-state index in [4.69, 9.17) is 4.42 Å². The fourth-order valence-electron chi connectivity index (χ4n) is 0.889. The van der Waals surface area contributed by atoms with Crippen LogP contribution < -0.4 is 5.32 Å². The van der Waals surface area contributed by atoms with Crippen LogP contribution in [-0.2, 0) is 6.54 Å². The molecule has 74 valence electrons. The fraction of sp³-hybridized carbons (Fsp3) is 0.700. The third-order valence-corrected chi connectivity index (χ3v) is 2.36. The summed E-state index contributed by atoms with van der Waals surface area (Å²) in [5.41, 5.74) is 0.278. The van der Waals surface area contributed by atoms with Gasteiger partial charge in [-0.05, 0) is 12.3 Å². The molecular formula is C10H18N2O. The first kappa shape index (κ1) is 10.3. The summed E-state index contributed by atoms with van der Waals surface area (Å²) in [6.07, 6.45) is 3.20. The number of rotatable bonds is 3. The van der Waals surface area contributed by atoms with Gasteiger partial charge in [-0.2, -0.15) is 0 Å². The van der Waals surface area contributed by atoms with Crippen LogP contribution in [0.15, 0.2) is 17.0 Å². The second kappa shape index (κ2) is 3.92.